The minimum Gasteiger partial charge on any atom is -0.481 e. The molecular weight excluding hydrogens is 302 g/mol. The predicted molar refractivity (Wildman–Crippen MR) is 84.7 cm³/mol. The van der Waals surface area contributed by atoms with Crippen molar-refractivity contribution < 1.29 is 14.3 Å². The zero-order valence-corrected chi connectivity index (χ0v) is 13.9. The second-order valence-electron chi connectivity index (χ2n) is 5.07. The number of carbonyl (C=O) groups excluding carboxylic acids is 2. The van der Waals surface area contributed by atoms with Crippen molar-refractivity contribution in [3.8, 4) is 5.88 Å². The number of amides is 1. The molecule has 0 aliphatic carbocycles. The number of Topliss-reactive ketones (excluding diaryl/α,β-unsaturated/α-hetero) is 1. The number of thiophene rings is 1. The van der Waals surface area contributed by atoms with Crippen LogP contribution in [-0.2, 0) is 7.05 Å². The Morgan fingerprint density at radius 1 is 1.50 bits per heavy atom. The molecule has 1 N–H and O–H groups in total. The number of carbonyl (C=O) groups is 2. The van der Waals surface area contributed by atoms with E-state index in [4.69, 9.17) is 4.74 Å². The average Bonchev–Trinajstić information content (AvgIpc) is 3.05. The quantitative estimate of drug-likeness (QED) is 0.828. The smallest absolute Gasteiger partial charge is 0.258 e. The molecule has 0 aromatic carbocycles. The first kappa shape index (κ1) is 16.2. The summed E-state index contributed by atoms with van der Waals surface area (Å²) in [6.45, 7) is 3.56. The maximum atomic E-state index is 12.4. The van der Waals surface area contributed by atoms with Gasteiger partial charge in [0.25, 0.3) is 5.91 Å². The molecule has 1 amide bonds. The number of hydrogen-bond donors (Lipinski definition) is 1. The van der Waals surface area contributed by atoms with Crippen LogP contribution in [0.25, 0.3) is 0 Å². The van der Waals surface area contributed by atoms with Crippen molar-refractivity contribution in [3.05, 3.63) is 33.6 Å². The first-order chi connectivity index (χ1) is 10.4. The Morgan fingerprint density at radius 3 is 2.82 bits per heavy atom. The summed E-state index contributed by atoms with van der Waals surface area (Å²) in [7, 11) is 3.21. The highest BCUT2D eigenvalue weighted by Crippen LogP contribution is 2.21. The number of rotatable bonds is 6. The molecule has 0 fully saturated rings. The van der Waals surface area contributed by atoms with Crippen molar-refractivity contribution in [2.45, 2.75) is 26.3 Å². The van der Waals surface area contributed by atoms with Crippen LogP contribution in [0.3, 0.4) is 0 Å². The largest absolute Gasteiger partial charge is 0.481 e. The normalized spacial score (nSPS) is 12.0. The van der Waals surface area contributed by atoms with Gasteiger partial charge < -0.3 is 10.1 Å². The van der Waals surface area contributed by atoms with Gasteiger partial charge in [-0.1, -0.05) is 6.07 Å². The molecule has 0 bridgehead atoms. The second-order valence-corrected chi connectivity index (χ2v) is 6.02. The van der Waals surface area contributed by atoms with E-state index in [1.54, 1.807) is 20.0 Å². The van der Waals surface area contributed by atoms with Crippen molar-refractivity contribution >= 4 is 23.0 Å². The molecule has 2 aromatic rings. The molecule has 0 saturated carbocycles. The van der Waals surface area contributed by atoms with Gasteiger partial charge in [0.05, 0.1) is 17.7 Å². The SMILES string of the molecule is COc1c(C(=O)N[C@@H](C)CC(=O)c2cccs2)c(C)nn1C. The number of nitrogens with zero attached hydrogens (tertiary/aromatic N) is 2. The first-order valence-corrected chi connectivity index (χ1v) is 7.77. The Bertz CT molecular complexity index is 677. The van der Waals surface area contributed by atoms with E-state index in [9.17, 15) is 9.59 Å². The van der Waals surface area contributed by atoms with E-state index in [1.165, 1.54) is 23.1 Å². The molecule has 22 heavy (non-hydrogen) atoms. The molecule has 118 valence electrons. The highest BCUT2D eigenvalue weighted by atomic mass is 32.1. The van der Waals surface area contributed by atoms with E-state index in [-0.39, 0.29) is 24.2 Å². The number of nitrogens with one attached hydrogen (secondary N) is 1. The topological polar surface area (TPSA) is 73.2 Å². The molecule has 2 aromatic heterocycles. The summed E-state index contributed by atoms with van der Waals surface area (Å²) in [6.07, 6.45) is 0.258. The van der Waals surface area contributed by atoms with Gasteiger partial charge in [0, 0.05) is 19.5 Å². The van der Waals surface area contributed by atoms with E-state index < -0.39 is 0 Å². The van der Waals surface area contributed by atoms with E-state index in [1.807, 2.05) is 18.4 Å². The minimum atomic E-state index is -0.283. The van der Waals surface area contributed by atoms with Gasteiger partial charge in [0.15, 0.2) is 5.78 Å². The summed E-state index contributed by atoms with van der Waals surface area (Å²) in [6, 6.07) is 3.35. The van der Waals surface area contributed by atoms with Crippen LogP contribution in [0, 0.1) is 6.92 Å². The van der Waals surface area contributed by atoms with Gasteiger partial charge in [0.2, 0.25) is 5.88 Å². The number of aryl methyl sites for hydroxylation is 2. The number of aromatic nitrogens is 2. The Balaban J connectivity index is 2.04. The summed E-state index contributed by atoms with van der Waals surface area (Å²) in [5, 5.41) is 8.87. The third-order valence-electron chi connectivity index (χ3n) is 3.26. The van der Waals surface area contributed by atoms with Crippen LogP contribution in [0.5, 0.6) is 5.88 Å². The van der Waals surface area contributed by atoms with Gasteiger partial charge in [-0.25, -0.2) is 4.68 Å². The fourth-order valence-electron chi connectivity index (χ4n) is 2.30. The lowest BCUT2D eigenvalue weighted by Gasteiger charge is -2.13. The summed E-state index contributed by atoms with van der Waals surface area (Å²) in [5.74, 6) is 0.151. The van der Waals surface area contributed by atoms with Crippen molar-refractivity contribution in [1.29, 1.82) is 0 Å². The molecule has 2 rings (SSSR count). The zero-order valence-electron chi connectivity index (χ0n) is 13.0. The monoisotopic (exact) mass is 321 g/mol. The Hall–Kier alpha value is -2.15. The van der Waals surface area contributed by atoms with Crippen molar-refractivity contribution in [3.63, 3.8) is 0 Å². The van der Waals surface area contributed by atoms with E-state index in [2.05, 4.69) is 10.4 Å². The highest BCUT2D eigenvalue weighted by molar-refractivity contribution is 7.12. The molecule has 0 radical (unpaired) electrons. The zero-order chi connectivity index (χ0) is 16.3. The van der Waals surface area contributed by atoms with Gasteiger partial charge in [-0.15, -0.1) is 11.3 Å². The fourth-order valence-corrected chi connectivity index (χ4v) is 2.97. The van der Waals surface area contributed by atoms with Crippen LogP contribution in [0.1, 0.15) is 39.1 Å². The molecule has 0 aliphatic rings. The summed E-state index contributed by atoms with van der Waals surface area (Å²) in [4.78, 5) is 25.1. The first-order valence-electron chi connectivity index (χ1n) is 6.89. The third-order valence-corrected chi connectivity index (χ3v) is 4.17. The summed E-state index contributed by atoms with van der Waals surface area (Å²) in [5.41, 5.74) is 0.994. The molecule has 0 unspecified atom stereocenters. The molecule has 0 saturated heterocycles. The van der Waals surface area contributed by atoms with E-state index in [0.717, 1.165) is 0 Å². The van der Waals surface area contributed by atoms with Crippen LogP contribution >= 0.6 is 11.3 Å². The standard InChI is InChI=1S/C15H19N3O3S/c1-9(8-11(19)12-6-5-7-22-12)16-14(20)13-10(2)17-18(3)15(13)21-4/h5-7,9H,8H2,1-4H3,(H,16,20)/t9-/m0/s1. The summed E-state index contributed by atoms with van der Waals surface area (Å²) < 4.78 is 6.73. The number of ether oxygens (including phenoxy) is 1. The number of hydrogen-bond acceptors (Lipinski definition) is 5. The Labute approximate surface area is 133 Å². The number of methoxy groups -OCH3 is 1. The third kappa shape index (κ3) is 3.36. The Kier molecular flexibility index (Phi) is 4.97. The van der Waals surface area contributed by atoms with Gasteiger partial charge in [0.1, 0.15) is 5.56 Å². The van der Waals surface area contributed by atoms with Gasteiger partial charge >= 0.3 is 0 Å². The fraction of sp³-hybridized carbons (Fsp3) is 0.400. The molecule has 1 atom stereocenters. The van der Waals surface area contributed by atoms with E-state index in [0.29, 0.717) is 22.0 Å². The van der Waals surface area contributed by atoms with Crippen LogP contribution in [-0.4, -0.2) is 34.6 Å². The van der Waals surface area contributed by atoms with Crippen LogP contribution in [0.15, 0.2) is 17.5 Å². The van der Waals surface area contributed by atoms with Crippen LogP contribution < -0.4 is 10.1 Å². The highest BCUT2D eigenvalue weighted by Gasteiger charge is 2.23. The van der Waals surface area contributed by atoms with Gasteiger partial charge in [-0.05, 0) is 25.3 Å². The second kappa shape index (κ2) is 6.74. The van der Waals surface area contributed by atoms with Gasteiger partial charge in [-0.2, -0.15) is 5.10 Å². The van der Waals surface area contributed by atoms with Crippen molar-refractivity contribution in [2.24, 2.45) is 7.05 Å². The maximum Gasteiger partial charge on any atom is 0.258 e. The molecular formula is C15H19N3O3S. The molecule has 6 nitrogen and oxygen atoms in total. The molecule has 0 aliphatic heterocycles. The Morgan fingerprint density at radius 2 is 2.23 bits per heavy atom. The average molecular weight is 321 g/mol. The van der Waals surface area contributed by atoms with Crippen LogP contribution in [0.4, 0.5) is 0 Å². The van der Waals surface area contributed by atoms with Gasteiger partial charge in [-0.3, -0.25) is 9.59 Å². The minimum absolute atomic E-state index is 0.0256. The van der Waals surface area contributed by atoms with Crippen molar-refractivity contribution in [1.82, 2.24) is 15.1 Å². The lowest BCUT2D eigenvalue weighted by molar-refractivity contribution is 0.0916. The van der Waals surface area contributed by atoms with Crippen LogP contribution in [0.2, 0.25) is 0 Å². The maximum absolute atomic E-state index is 12.4. The number of ketones is 1. The summed E-state index contributed by atoms with van der Waals surface area (Å²) >= 11 is 1.40. The molecule has 2 heterocycles. The molecule has 0 spiro atoms. The lowest BCUT2D eigenvalue weighted by atomic mass is 10.1. The molecule has 7 heteroatoms. The lowest BCUT2D eigenvalue weighted by Crippen LogP contribution is -2.34. The van der Waals surface area contributed by atoms with Crippen molar-refractivity contribution in [2.75, 3.05) is 7.11 Å². The van der Waals surface area contributed by atoms with E-state index >= 15 is 0 Å². The predicted octanol–water partition coefficient (Wildman–Crippen LogP) is 2.19.